The van der Waals surface area contributed by atoms with Gasteiger partial charge in [-0.2, -0.15) is 0 Å². The predicted octanol–water partition coefficient (Wildman–Crippen LogP) is 3.74. The number of nitrogen functional groups attached to an aromatic ring is 2. The topological polar surface area (TPSA) is 77.8 Å². The van der Waals surface area contributed by atoms with E-state index in [1.807, 2.05) is 36.4 Å². The van der Waals surface area contributed by atoms with Crippen molar-refractivity contribution in [3.63, 3.8) is 0 Å². The van der Waals surface area contributed by atoms with Gasteiger partial charge in [0, 0.05) is 16.0 Å². The van der Waals surface area contributed by atoms with Crippen LogP contribution in [0.2, 0.25) is 5.02 Å². The molecule has 0 aliphatic heterocycles. The Labute approximate surface area is 131 Å². The fourth-order valence-electron chi connectivity index (χ4n) is 1.99. The van der Waals surface area contributed by atoms with E-state index in [0.717, 1.165) is 15.8 Å². The zero-order chi connectivity index (χ0) is 14.8. The zero-order valence-corrected chi connectivity index (χ0v) is 12.7. The van der Waals surface area contributed by atoms with Gasteiger partial charge in [0.05, 0.1) is 16.3 Å². The molecule has 0 aliphatic rings. The van der Waals surface area contributed by atoms with Crippen molar-refractivity contribution in [2.75, 3.05) is 11.5 Å². The number of halogens is 1. The van der Waals surface area contributed by atoms with E-state index in [-0.39, 0.29) is 0 Å². The first-order valence-electron chi connectivity index (χ1n) is 6.32. The number of aromatic nitrogens is 2. The third-order valence-corrected chi connectivity index (χ3v) is 4.49. The molecule has 3 rings (SSSR count). The van der Waals surface area contributed by atoms with Crippen molar-refractivity contribution in [3.8, 4) is 0 Å². The lowest BCUT2D eigenvalue weighted by Gasteiger charge is -2.07. The molecule has 0 unspecified atom stereocenters. The SMILES string of the molecule is Nc1ccc(SCc2nc(N)c3ccccc3n2)c(Cl)c1. The van der Waals surface area contributed by atoms with Gasteiger partial charge in [0.15, 0.2) is 0 Å². The molecule has 106 valence electrons. The second-order valence-corrected chi connectivity index (χ2v) is 5.95. The normalized spacial score (nSPS) is 10.9. The standard InChI is InChI=1S/C15H13ClN4S/c16-11-7-9(17)5-6-13(11)21-8-14-19-12-4-2-1-3-10(12)15(18)20-14/h1-7H,8,17H2,(H2,18,19,20). The van der Waals surface area contributed by atoms with Crippen molar-refractivity contribution in [2.24, 2.45) is 0 Å². The van der Waals surface area contributed by atoms with E-state index in [0.29, 0.717) is 28.1 Å². The van der Waals surface area contributed by atoms with E-state index in [1.165, 1.54) is 0 Å². The third-order valence-electron chi connectivity index (χ3n) is 2.99. The number of nitrogens with zero attached hydrogens (tertiary/aromatic N) is 2. The molecule has 6 heteroatoms. The summed E-state index contributed by atoms with van der Waals surface area (Å²) < 4.78 is 0. The van der Waals surface area contributed by atoms with Gasteiger partial charge in [-0.1, -0.05) is 23.7 Å². The van der Waals surface area contributed by atoms with E-state index >= 15 is 0 Å². The van der Waals surface area contributed by atoms with Crippen LogP contribution in [0.25, 0.3) is 10.9 Å². The van der Waals surface area contributed by atoms with Crippen molar-refractivity contribution in [3.05, 3.63) is 53.3 Å². The van der Waals surface area contributed by atoms with Crippen molar-refractivity contribution in [1.29, 1.82) is 0 Å². The fraction of sp³-hybridized carbons (Fsp3) is 0.0667. The molecule has 4 N–H and O–H groups in total. The summed E-state index contributed by atoms with van der Waals surface area (Å²) in [5.41, 5.74) is 13.2. The molecule has 0 saturated carbocycles. The van der Waals surface area contributed by atoms with Gasteiger partial charge in [-0.15, -0.1) is 11.8 Å². The van der Waals surface area contributed by atoms with Crippen molar-refractivity contribution in [2.45, 2.75) is 10.6 Å². The van der Waals surface area contributed by atoms with Gasteiger partial charge >= 0.3 is 0 Å². The highest BCUT2D eigenvalue weighted by Gasteiger charge is 2.07. The largest absolute Gasteiger partial charge is 0.399 e. The van der Waals surface area contributed by atoms with E-state index in [4.69, 9.17) is 23.1 Å². The van der Waals surface area contributed by atoms with Crippen LogP contribution in [0.3, 0.4) is 0 Å². The monoisotopic (exact) mass is 316 g/mol. The number of benzene rings is 2. The lowest BCUT2D eigenvalue weighted by molar-refractivity contribution is 1.08. The number of hydrogen-bond acceptors (Lipinski definition) is 5. The average molecular weight is 317 g/mol. The maximum absolute atomic E-state index is 6.16. The average Bonchev–Trinajstić information content (AvgIpc) is 2.46. The van der Waals surface area contributed by atoms with Crippen LogP contribution in [-0.4, -0.2) is 9.97 Å². The number of para-hydroxylation sites is 1. The summed E-state index contributed by atoms with van der Waals surface area (Å²) in [5.74, 6) is 1.78. The van der Waals surface area contributed by atoms with Crippen LogP contribution in [0.1, 0.15) is 5.82 Å². The minimum Gasteiger partial charge on any atom is -0.399 e. The molecule has 3 aromatic rings. The van der Waals surface area contributed by atoms with Gasteiger partial charge in [0.1, 0.15) is 11.6 Å². The number of anilines is 2. The van der Waals surface area contributed by atoms with Crippen LogP contribution >= 0.6 is 23.4 Å². The Hall–Kier alpha value is -1.98. The minimum atomic E-state index is 0.500. The zero-order valence-electron chi connectivity index (χ0n) is 11.1. The Morgan fingerprint density at radius 2 is 1.86 bits per heavy atom. The van der Waals surface area contributed by atoms with Crippen LogP contribution in [0.4, 0.5) is 11.5 Å². The van der Waals surface area contributed by atoms with Crippen molar-refractivity contribution >= 4 is 45.8 Å². The Morgan fingerprint density at radius 3 is 2.67 bits per heavy atom. The summed E-state index contributed by atoms with van der Waals surface area (Å²) in [6.45, 7) is 0. The Balaban J connectivity index is 1.85. The van der Waals surface area contributed by atoms with Crippen LogP contribution in [0.5, 0.6) is 0 Å². The van der Waals surface area contributed by atoms with Crippen LogP contribution in [0, 0.1) is 0 Å². The van der Waals surface area contributed by atoms with Gasteiger partial charge in [-0.25, -0.2) is 9.97 Å². The molecule has 1 heterocycles. The Morgan fingerprint density at radius 1 is 1.05 bits per heavy atom. The Bertz CT molecular complexity index is 807. The summed E-state index contributed by atoms with van der Waals surface area (Å²) in [5, 5.41) is 1.51. The quantitative estimate of drug-likeness (QED) is 0.568. The van der Waals surface area contributed by atoms with Gasteiger partial charge in [-0.05, 0) is 30.3 Å². The number of rotatable bonds is 3. The maximum Gasteiger partial charge on any atom is 0.141 e. The molecular weight excluding hydrogens is 304 g/mol. The highest BCUT2D eigenvalue weighted by atomic mass is 35.5. The molecule has 0 fully saturated rings. The second kappa shape index (κ2) is 5.79. The highest BCUT2D eigenvalue weighted by Crippen LogP contribution is 2.31. The number of nitrogens with two attached hydrogens (primary N) is 2. The molecule has 1 aromatic heterocycles. The molecule has 4 nitrogen and oxygen atoms in total. The molecule has 0 radical (unpaired) electrons. The van der Waals surface area contributed by atoms with Gasteiger partial charge < -0.3 is 11.5 Å². The molecule has 0 bridgehead atoms. The van der Waals surface area contributed by atoms with E-state index < -0.39 is 0 Å². The van der Waals surface area contributed by atoms with E-state index in [9.17, 15) is 0 Å². The number of hydrogen-bond donors (Lipinski definition) is 2. The molecule has 0 spiro atoms. The highest BCUT2D eigenvalue weighted by molar-refractivity contribution is 7.98. The summed E-state index contributed by atoms with van der Waals surface area (Å²) >= 11 is 7.71. The molecule has 0 atom stereocenters. The first kappa shape index (κ1) is 14.0. The van der Waals surface area contributed by atoms with Gasteiger partial charge in [-0.3, -0.25) is 0 Å². The van der Waals surface area contributed by atoms with Crippen molar-refractivity contribution in [1.82, 2.24) is 9.97 Å². The first-order valence-corrected chi connectivity index (χ1v) is 7.69. The summed E-state index contributed by atoms with van der Waals surface area (Å²) in [7, 11) is 0. The first-order chi connectivity index (χ1) is 10.1. The smallest absolute Gasteiger partial charge is 0.141 e. The molecular formula is C15H13ClN4S. The molecule has 21 heavy (non-hydrogen) atoms. The molecule has 0 saturated heterocycles. The molecule has 0 amide bonds. The van der Waals surface area contributed by atoms with Crippen LogP contribution in [0.15, 0.2) is 47.4 Å². The maximum atomic E-state index is 6.16. The fourth-order valence-corrected chi connectivity index (χ4v) is 3.12. The number of thioether (sulfide) groups is 1. The second-order valence-electron chi connectivity index (χ2n) is 4.52. The summed E-state index contributed by atoms with van der Waals surface area (Å²) in [6, 6.07) is 13.2. The van der Waals surface area contributed by atoms with Gasteiger partial charge in [0.2, 0.25) is 0 Å². The molecule has 2 aromatic carbocycles. The summed E-state index contributed by atoms with van der Waals surface area (Å²) in [6.07, 6.45) is 0. The van der Waals surface area contributed by atoms with E-state index in [1.54, 1.807) is 17.8 Å². The molecule has 0 aliphatic carbocycles. The number of fused-ring (bicyclic) bond motifs is 1. The summed E-state index contributed by atoms with van der Waals surface area (Å²) in [4.78, 5) is 9.81. The van der Waals surface area contributed by atoms with Crippen LogP contribution in [-0.2, 0) is 5.75 Å². The lowest BCUT2D eigenvalue weighted by Crippen LogP contribution is -1.99. The lowest BCUT2D eigenvalue weighted by atomic mass is 10.2. The van der Waals surface area contributed by atoms with Crippen LogP contribution < -0.4 is 11.5 Å². The van der Waals surface area contributed by atoms with Crippen molar-refractivity contribution < 1.29 is 0 Å². The van der Waals surface area contributed by atoms with Gasteiger partial charge in [0.25, 0.3) is 0 Å². The minimum absolute atomic E-state index is 0.500. The van der Waals surface area contributed by atoms with E-state index in [2.05, 4.69) is 9.97 Å². The predicted molar refractivity (Wildman–Crippen MR) is 89.4 cm³/mol. The Kier molecular flexibility index (Phi) is 3.86. The third kappa shape index (κ3) is 3.04.